The van der Waals surface area contributed by atoms with Gasteiger partial charge in [-0.1, -0.05) is 28.1 Å². The predicted molar refractivity (Wildman–Crippen MR) is 96.5 cm³/mol. The minimum Gasteiger partial charge on any atom is -0.322 e. The van der Waals surface area contributed by atoms with E-state index in [2.05, 4.69) is 21.2 Å². The quantitative estimate of drug-likeness (QED) is 0.860. The van der Waals surface area contributed by atoms with Crippen LogP contribution in [0.3, 0.4) is 0 Å². The van der Waals surface area contributed by atoms with Crippen molar-refractivity contribution in [2.24, 2.45) is 0 Å². The standard InChI is InChI=1S/C16H17BrN2O3S/c1-11-14(8-5-9-15(11)19(2)23(3,21)22)16(20)18-13-7-4-6-12(17)10-13/h4-10H,1-3H3,(H,18,20). The molecule has 23 heavy (non-hydrogen) atoms. The molecule has 0 aliphatic heterocycles. The van der Waals surface area contributed by atoms with Crippen LogP contribution < -0.4 is 9.62 Å². The first-order valence-corrected chi connectivity index (χ1v) is 9.44. The highest BCUT2D eigenvalue weighted by Crippen LogP contribution is 2.25. The topological polar surface area (TPSA) is 66.5 Å². The van der Waals surface area contributed by atoms with Gasteiger partial charge in [0, 0.05) is 22.8 Å². The van der Waals surface area contributed by atoms with Gasteiger partial charge in [0.2, 0.25) is 10.0 Å². The number of nitrogens with zero attached hydrogens (tertiary/aromatic N) is 1. The normalized spacial score (nSPS) is 11.1. The largest absolute Gasteiger partial charge is 0.322 e. The third-order valence-electron chi connectivity index (χ3n) is 3.47. The minimum atomic E-state index is -3.39. The van der Waals surface area contributed by atoms with Crippen LogP contribution in [0.2, 0.25) is 0 Å². The zero-order chi connectivity index (χ0) is 17.2. The van der Waals surface area contributed by atoms with Gasteiger partial charge >= 0.3 is 0 Å². The van der Waals surface area contributed by atoms with Crippen LogP contribution in [0.4, 0.5) is 11.4 Å². The maximum Gasteiger partial charge on any atom is 0.256 e. The Bertz CT molecular complexity index is 850. The zero-order valence-corrected chi connectivity index (χ0v) is 15.4. The maximum atomic E-state index is 12.5. The average molecular weight is 397 g/mol. The summed E-state index contributed by atoms with van der Waals surface area (Å²) < 4.78 is 25.5. The molecule has 2 aromatic carbocycles. The van der Waals surface area contributed by atoms with Gasteiger partial charge in [-0.2, -0.15) is 0 Å². The molecule has 0 radical (unpaired) electrons. The van der Waals surface area contributed by atoms with Crippen LogP contribution in [0, 0.1) is 6.92 Å². The second-order valence-electron chi connectivity index (χ2n) is 5.14. The lowest BCUT2D eigenvalue weighted by molar-refractivity contribution is 0.102. The summed E-state index contributed by atoms with van der Waals surface area (Å²) in [5.41, 5.74) is 2.17. The van der Waals surface area contributed by atoms with E-state index >= 15 is 0 Å². The number of halogens is 1. The lowest BCUT2D eigenvalue weighted by atomic mass is 10.1. The fraction of sp³-hybridized carbons (Fsp3) is 0.188. The van der Waals surface area contributed by atoms with Crippen LogP contribution in [0.1, 0.15) is 15.9 Å². The van der Waals surface area contributed by atoms with Crippen molar-refractivity contribution in [1.82, 2.24) is 0 Å². The fourth-order valence-corrected chi connectivity index (χ4v) is 3.11. The highest BCUT2D eigenvalue weighted by molar-refractivity contribution is 9.10. The van der Waals surface area contributed by atoms with E-state index in [4.69, 9.17) is 0 Å². The maximum absolute atomic E-state index is 12.5. The number of sulfonamides is 1. The van der Waals surface area contributed by atoms with Crippen molar-refractivity contribution in [3.63, 3.8) is 0 Å². The zero-order valence-electron chi connectivity index (χ0n) is 13.0. The number of nitrogens with one attached hydrogen (secondary N) is 1. The van der Waals surface area contributed by atoms with Crippen LogP contribution >= 0.6 is 15.9 Å². The number of benzene rings is 2. The molecule has 0 unspecified atom stereocenters. The highest BCUT2D eigenvalue weighted by Gasteiger charge is 2.18. The van der Waals surface area contributed by atoms with E-state index in [1.165, 1.54) is 7.05 Å². The summed E-state index contributed by atoms with van der Waals surface area (Å²) in [7, 11) is -1.92. The van der Waals surface area contributed by atoms with Crippen molar-refractivity contribution < 1.29 is 13.2 Å². The van der Waals surface area contributed by atoms with Crippen LogP contribution in [0.5, 0.6) is 0 Å². The van der Waals surface area contributed by atoms with E-state index in [0.29, 0.717) is 22.5 Å². The second-order valence-corrected chi connectivity index (χ2v) is 8.07. The molecule has 1 amide bonds. The Morgan fingerprint density at radius 3 is 2.43 bits per heavy atom. The van der Waals surface area contributed by atoms with E-state index in [9.17, 15) is 13.2 Å². The first-order chi connectivity index (χ1) is 10.7. The number of rotatable bonds is 4. The molecule has 0 saturated heterocycles. The second kappa shape index (κ2) is 6.72. The molecule has 1 N–H and O–H groups in total. The van der Waals surface area contributed by atoms with E-state index in [1.54, 1.807) is 37.3 Å². The number of carbonyl (C=O) groups excluding carboxylic acids is 1. The van der Waals surface area contributed by atoms with Crippen molar-refractivity contribution in [2.45, 2.75) is 6.92 Å². The Hall–Kier alpha value is -1.86. The van der Waals surface area contributed by atoms with Crippen molar-refractivity contribution >= 4 is 43.2 Å². The van der Waals surface area contributed by atoms with Crippen LogP contribution in [-0.2, 0) is 10.0 Å². The molecule has 0 atom stereocenters. The van der Waals surface area contributed by atoms with Gasteiger partial charge in [0.1, 0.15) is 0 Å². The molecule has 7 heteroatoms. The highest BCUT2D eigenvalue weighted by atomic mass is 79.9. The number of hydrogen-bond acceptors (Lipinski definition) is 3. The predicted octanol–water partition coefficient (Wildman–Crippen LogP) is 3.41. The Morgan fingerprint density at radius 1 is 1.17 bits per heavy atom. The lowest BCUT2D eigenvalue weighted by Gasteiger charge is -2.20. The number of anilines is 2. The molecule has 5 nitrogen and oxygen atoms in total. The van der Waals surface area contributed by atoms with Gasteiger partial charge in [-0.25, -0.2) is 8.42 Å². The summed E-state index contributed by atoms with van der Waals surface area (Å²) in [4.78, 5) is 12.5. The first-order valence-electron chi connectivity index (χ1n) is 6.80. The van der Waals surface area contributed by atoms with Crippen molar-refractivity contribution in [2.75, 3.05) is 22.9 Å². The van der Waals surface area contributed by atoms with Crippen molar-refractivity contribution in [3.8, 4) is 0 Å². The molecular formula is C16H17BrN2O3S. The van der Waals surface area contributed by atoms with Gasteiger partial charge in [-0.05, 0) is 42.8 Å². The third kappa shape index (κ3) is 4.11. The summed E-state index contributed by atoms with van der Waals surface area (Å²) >= 11 is 3.35. The minimum absolute atomic E-state index is 0.288. The van der Waals surface area contributed by atoms with E-state index in [1.807, 2.05) is 12.1 Å². The molecule has 0 bridgehead atoms. The molecule has 0 fully saturated rings. The number of hydrogen-bond donors (Lipinski definition) is 1. The number of amides is 1. The number of carbonyl (C=O) groups is 1. The Labute approximate surface area is 144 Å². The van der Waals surface area contributed by atoms with Gasteiger partial charge < -0.3 is 5.32 Å². The SMILES string of the molecule is Cc1c(C(=O)Nc2cccc(Br)c2)cccc1N(C)S(C)(=O)=O. The average Bonchev–Trinajstić information content (AvgIpc) is 2.45. The van der Waals surface area contributed by atoms with Gasteiger partial charge in [-0.15, -0.1) is 0 Å². The molecule has 0 aliphatic carbocycles. The van der Waals surface area contributed by atoms with Crippen LogP contribution in [0.25, 0.3) is 0 Å². The Morgan fingerprint density at radius 2 is 1.83 bits per heavy atom. The molecule has 0 heterocycles. The smallest absolute Gasteiger partial charge is 0.256 e. The summed E-state index contributed by atoms with van der Waals surface area (Å²) in [5, 5.41) is 2.81. The summed E-state index contributed by atoms with van der Waals surface area (Å²) in [6, 6.07) is 12.3. The molecular weight excluding hydrogens is 380 g/mol. The molecule has 2 aromatic rings. The Kier molecular flexibility index (Phi) is 5.11. The molecule has 2 rings (SSSR count). The van der Waals surface area contributed by atoms with E-state index in [0.717, 1.165) is 15.0 Å². The molecule has 0 aromatic heterocycles. The summed E-state index contributed by atoms with van der Waals surface area (Å²) in [5.74, 6) is -0.288. The van der Waals surface area contributed by atoms with Gasteiger partial charge in [0.15, 0.2) is 0 Å². The van der Waals surface area contributed by atoms with Gasteiger partial charge in [0.05, 0.1) is 11.9 Å². The molecule has 122 valence electrons. The van der Waals surface area contributed by atoms with Crippen LogP contribution in [-0.4, -0.2) is 27.6 Å². The lowest BCUT2D eigenvalue weighted by Crippen LogP contribution is -2.26. The monoisotopic (exact) mass is 396 g/mol. The van der Waals surface area contributed by atoms with E-state index in [-0.39, 0.29) is 5.91 Å². The molecule has 0 aliphatic rings. The fourth-order valence-electron chi connectivity index (χ4n) is 2.15. The molecule has 0 spiro atoms. The Balaban J connectivity index is 2.35. The van der Waals surface area contributed by atoms with Crippen molar-refractivity contribution in [3.05, 3.63) is 58.1 Å². The van der Waals surface area contributed by atoms with Crippen LogP contribution in [0.15, 0.2) is 46.9 Å². The first kappa shape index (κ1) is 17.5. The van der Waals surface area contributed by atoms with Crippen molar-refractivity contribution in [1.29, 1.82) is 0 Å². The third-order valence-corrected chi connectivity index (χ3v) is 5.15. The summed E-state index contributed by atoms with van der Waals surface area (Å²) in [6.45, 7) is 1.73. The van der Waals surface area contributed by atoms with Gasteiger partial charge in [-0.3, -0.25) is 9.10 Å². The van der Waals surface area contributed by atoms with Gasteiger partial charge in [0.25, 0.3) is 5.91 Å². The molecule has 0 saturated carbocycles. The van der Waals surface area contributed by atoms with E-state index < -0.39 is 10.0 Å². The summed E-state index contributed by atoms with van der Waals surface area (Å²) in [6.07, 6.45) is 1.13.